The van der Waals surface area contributed by atoms with Gasteiger partial charge in [0.05, 0.1) is 5.38 Å². The highest BCUT2D eigenvalue weighted by Crippen LogP contribution is 2.25. The van der Waals surface area contributed by atoms with E-state index >= 15 is 0 Å². The van der Waals surface area contributed by atoms with E-state index in [1.807, 2.05) is 6.92 Å². The van der Waals surface area contributed by atoms with Crippen LogP contribution >= 0.6 is 11.6 Å². The molecule has 0 N–H and O–H groups in total. The quantitative estimate of drug-likeness (QED) is 0.366. The van der Waals surface area contributed by atoms with E-state index in [-0.39, 0.29) is 0 Å². The van der Waals surface area contributed by atoms with Gasteiger partial charge in [-0.1, -0.05) is 11.6 Å². The van der Waals surface area contributed by atoms with Crippen molar-refractivity contribution in [3.63, 3.8) is 0 Å². The molecule has 1 unspecified atom stereocenters. The van der Waals surface area contributed by atoms with Crippen LogP contribution in [-0.2, 0) is 4.74 Å². The topological polar surface area (TPSA) is 9.23 Å². The van der Waals surface area contributed by atoms with Gasteiger partial charge in [-0.05, 0) is 32.6 Å². The summed E-state index contributed by atoms with van der Waals surface area (Å²) in [7, 11) is 0. The zero-order valence-corrected chi connectivity index (χ0v) is 8.44. The number of alkyl halides is 1. The molecule has 12 heavy (non-hydrogen) atoms. The van der Waals surface area contributed by atoms with E-state index in [9.17, 15) is 0 Å². The van der Waals surface area contributed by atoms with Crippen molar-refractivity contribution < 1.29 is 4.74 Å². The summed E-state index contributed by atoms with van der Waals surface area (Å²) >= 11 is 5.94. The van der Waals surface area contributed by atoms with Crippen LogP contribution in [0.4, 0.5) is 0 Å². The summed E-state index contributed by atoms with van der Waals surface area (Å²) in [5.41, 5.74) is 1.52. The van der Waals surface area contributed by atoms with Crippen LogP contribution < -0.4 is 0 Å². The second-order valence-electron chi connectivity index (χ2n) is 3.18. The molecule has 0 aromatic heterocycles. The van der Waals surface area contributed by atoms with E-state index in [0.29, 0.717) is 5.38 Å². The van der Waals surface area contributed by atoms with Gasteiger partial charge in [0, 0.05) is 13.2 Å². The van der Waals surface area contributed by atoms with Gasteiger partial charge in [-0.15, -0.1) is 11.6 Å². The van der Waals surface area contributed by atoms with Crippen LogP contribution in [-0.4, -0.2) is 18.6 Å². The zero-order chi connectivity index (χ0) is 8.81. The lowest BCUT2D eigenvalue weighted by Gasteiger charge is -2.01. The Morgan fingerprint density at radius 2 is 2.50 bits per heavy atom. The maximum absolute atomic E-state index is 5.94. The molecule has 0 saturated carbocycles. The minimum Gasteiger partial charge on any atom is -0.382 e. The summed E-state index contributed by atoms with van der Waals surface area (Å²) in [5.74, 6) is 0. The molecule has 0 fully saturated rings. The molecule has 0 amide bonds. The van der Waals surface area contributed by atoms with Crippen molar-refractivity contribution in [3.8, 4) is 0 Å². The minimum absolute atomic E-state index is 0.298. The lowest BCUT2D eigenvalue weighted by atomic mass is 10.1. The van der Waals surface area contributed by atoms with Crippen molar-refractivity contribution in [1.29, 1.82) is 0 Å². The zero-order valence-electron chi connectivity index (χ0n) is 7.68. The Bertz CT molecular complexity index is 154. The molecule has 0 spiro atoms. The van der Waals surface area contributed by atoms with Gasteiger partial charge < -0.3 is 4.74 Å². The molecular formula is C10H17ClO. The normalized spacial score (nSPS) is 22.8. The van der Waals surface area contributed by atoms with E-state index in [2.05, 4.69) is 6.08 Å². The molecule has 1 aliphatic carbocycles. The lowest BCUT2D eigenvalue weighted by Crippen LogP contribution is -1.93. The molecular weight excluding hydrogens is 172 g/mol. The highest BCUT2D eigenvalue weighted by Gasteiger charge is 2.11. The molecule has 0 bridgehead atoms. The van der Waals surface area contributed by atoms with Gasteiger partial charge in [0.25, 0.3) is 0 Å². The Kier molecular flexibility index (Phi) is 4.70. The highest BCUT2D eigenvalue weighted by molar-refractivity contribution is 6.22. The van der Waals surface area contributed by atoms with Crippen molar-refractivity contribution in [2.45, 2.75) is 38.0 Å². The average molecular weight is 189 g/mol. The maximum Gasteiger partial charge on any atom is 0.0521 e. The van der Waals surface area contributed by atoms with E-state index in [1.54, 1.807) is 0 Å². The maximum atomic E-state index is 5.94. The number of ether oxygens (including phenoxy) is 1. The number of halogens is 1. The van der Waals surface area contributed by atoms with Gasteiger partial charge in [0.2, 0.25) is 0 Å². The Morgan fingerprint density at radius 3 is 3.08 bits per heavy atom. The SMILES string of the molecule is CCOCCCC1=CC(Cl)CC1. The Balaban J connectivity index is 2.03. The first-order valence-electron chi connectivity index (χ1n) is 4.74. The van der Waals surface area contributed by atoms with Gasteiger partial charge in [-0.25, -0.2) is 0 Å². The van der Waals surface area contributed by atoms with Crippen molar-refractivity contribution in [1.82, 2.24) is 0 Å². The van der Waals surface area contributed by atoms with E-state index in [0.717, 1.165) is 26.1 Å². The molecule has 0 saturated heterocycles. The Labute approximate surface area is 79.7 Å². The standard InChI is InChI=1S/C10H17ClO/c1-2-12-7-3-4-9-5-6-10(11)8-9/h8,10H,2-7H2,1H3. The van der Waals surface area contributed by atoms with Crippen LogP contribution in [0.3, 0.4) is 0 Å². The van der Waals surface area contributed by atoms with Crippen LogP contribution in [0.15, 0.2) is 11.6 Å². The molecule has 0 radical (unpaired) electrons. The molecule has 0 aromatic carbocycles. The first-order valence-corrected chi connectivity index (χ1v) is 5.18. The van der Waals surface area contributed by atoms with Gasteiger partial charge >= 0.3 is 0 Å². The summed E-state index contributed by atoms with van der Waals surface area (Å²) in [5, 5.41) is 0.298. The van der Waals surface area contributed by atoms with E-state index in [1.165, 1.54) is 18.4 Å². The fourth-order valence-corrected chi connectivity index (χ4v) is 1.79. The Hall–Kier alpha value is -0.0100. The summed E-state index contributed by atoms with van der Waals surface area (Å²) in [4.78, 5) is 0. The van der Waals surface area contributed by atoms with Crippen LogP contribution in [0.1, 0.15) is 32.6 Å². The molecule has 1 aliphatic rings. The van der Waals surface area contributed by atoms with Crippen LogP contribution in [0.25, 0.3) is 0 Å². The van der Waals surface area contributed by atoms with E-state index < -0.39 is 0 Å². The number of rotatable bonds is 5. The third-order valence-corrected chi connectivity index (χ3v) is 2.49. The first kappa shape index (κ1) is 10.1. The second kappa shape index (κ2) is 5.60. The second-order valence-corrected chi connectivity index (χ2v) is 3.74. The van der Waals surface area contributed by atoms with Crippen LogP contribution in [0.2, 0.25) is 0 Å². The number of hydrogen-bond acceptors (Lipinski definition) is 1. The monoisotopic (exact) mass is 188 g/mol. The number of allylic oxidation sites excluding steroid dienone is 2. The van der Waals surface area contributed by atoms with Gasteiger partial charge in [-0.3, -0.25) is 0 Å². The van der Waals surface area contributed by atoms with Gasteiger partial charge in [0.15, 0.2) is 0 Å². The van der Waals surface area contributed by atoms with Gasteiger partial charge in [-0.2, -0.15) is 0 Å². The molecule has 0 aromatic rings. The van der Waals surface area contributed by atoms with E-state index in [4.69, 9.17) is 16.3 Å². The summed E-state index contributed by atoms with van der Waals surface area (Å²) in [6.45, 7) is 3.75. The molecule has 1 rings (SSSR count). The van der Waals surface area contributed by atoms with Crippen LogP contribution in [0, 0.1) is 0 Å². The van der Waals surface area contributed by atoms with Crippen molar-refractivity contribution in [3.05, 3.63) is 11.6 Å². The highest BCUT2D eigenvalue weighted by atomic mass is 35.5. The van der Waals surface area contributed by atoms with Crippen LogP contribution in [0.5, 0.6) is 0 Å². The smallest absolute Gasteiger partial charge is 0.0521 e. The predicted molar refractivity (Wildman–Crippen MR) is 52.7 cm³/mol. The van der Waals surface area contributed by atoms with Crippen molar-refractivity contribution >= 4 is 11.6 Å². The molecule has 0 aliphatic heterocycles. The minimum atomic E-state index is 0.298. The fourth-order valence-electron chi connectivity index (χ4n) is 1.50. The lowest BCUT2D eigenvalue weighted by molar-refractivity contribution is 0.145. The molecule has 1 atom stereocenters. The third kappa shape index (κ3) is 3.59. The molecule has 2 heteroatoms. The Morgan fingerprint density at radius 1 is 1.67 bits per heavy atom. The third-order valence-electron chi connectivity index (χ3n) is 2.15. The summed E-state index contributed by atoms with van der Waals surface area (Å²) < 4.78 is 5.26. The van der Waals surface area contributed by atoms with Crippen molar-refractivity contribution in [2.75, 3.05) is 13.2 Å². The number of hydrogen-bond donors (Lipinski definition) is 0. The molecule has 1 nitrogen and oxygen atoms in total. The first-order chi connectivity index (χ1) is 5.83. The predicted octanol–water partition coefficient (Wildman–Crippen LogP) is 3.13. The largest absolute Gasteiger partial charge is 0.382 e. The summed E-state index contributed by atoms with van der Waals surface area (Å²) in [6.07, 6.45) is 6.84. The van der Waals surface area contributed by atoms with Gasteiger partial charge in [0.1, 0.15) is 0 Å². The fraction of sp³-hybridized carbons (Fsp3) is 0.800. The molecule has 0 heterocycles. The average Bonchev–Trinajstić information content (AvgIpc) is 2.45. The summed E-state index contributed by atoms with van der Waals surface area (Å²) in [6, 6.07) is 0. The molecule has 70 valence electrons. The van der Waals surface area contributed by atoms with Crippen molar-refractivity contribution in [2.24, 2.45) is 0 Å².